The summed E-state index contributed by atoms with van der Waals surface area (Å²) in [5, 5.41) is 14.6. The highest BCUT2D eigenvalue weighted by molar-refractivity contribution is 5.96. The number of piperidine rings is 1. The molecule has 2 aromatic rings. The number of nitro benzene ring substituents is 1. The van der Waals surface area contributed by atoms with Crippen LogP contribution in [0.2, 0.25) is 0 Å². The van der Waals surface area contributed by atoms with Crippen LogP contribution >= 0.6 is 12.4 Å². The molecule has 1 unspecified atom stereocenters. The van der Waals surface area contributed by atoms with E-state index in [4.69, 9.17) is 5.73 Å². The number of amides is 1. The molecule has 0 aliphatic carbocycles. The summed E-state index contributed by atoms with van der Waals surface area (Å²) in [5.41, 5.74) is 7.44. The molecule has 150 valence electrons. The fraction of sp³-hybridized carbons (Fsp3) is 0.350. The first-order valence-corrected chi connectivity index (χ1v) is 9.17. The van der Waals surface area contributed by atoms with Crippen LogP contribution in [-0.4, -0.2) is 34.9 Å². The third-order valence-electron chi connectivity index (χ3n) is 4.93. The number of benzene rings is 2. The van der Waals surface area contributed by atoms with Crippen LogP contribution in [0.5, 0.6) is 0 Å². The van der Waals surface area contributed by atoms with Crippen molar-refractivity contribution in [1.29, 1.82) is 0 Å². The molecule has 0 saturated carbocycles. The zero-order valence-corrected chi connectivity index (χ0v) is 16.4. The summed E-state index contributed by atoms with van der Waals surface area (Å²) in [6.07, 6.45) is 2.86. The van der Waals surface area contributed by atoms with Crippen molar-refractivity contribution >= 4 is 29.7 Å². The predicted octanol–water partition coefficient (Wildman–Crippen LogP) is 3.58. The number of rotatable bonds is 6. The Bertz CT molecular complexity index is 816. The SMILES string of the molecule is Cl.NCC1CCCCN1C(=O)c1ccc(NCc2ccccc2)c([N+](=O)[O-])c1. The average Bonchev–Trinajstić information content (AvgIpc) is 2.72. The lowest BCUT2D eigenvalue weighted by atomic mass is 10.0. The summed E-state index contributed by atoms with van der Waals surface area (Å²) in [6.45, 7) is 1.52. The van der Waals surface area contributed by atoms with Crippen LogP contribution in [0, 0.1) is 10.1 Å². The van der Waals surface area contributed by atoms with Crippen molar-refractivity contribution < 1.29 is 9.72 Å². The number of nitrogens with two attached hydrogens (primary N) is 1. The van der Waals surface area contributed by atoms with Crippen LogP contribution in [0.1, 0.15) is 35.2 Å². The Hall–Kier alpha value is -2.64. The lowest BCUT2D eigenvalue weighted by molar-refractivity contribution is -0.384. The molecule has 0 bridgehead atoms. The minimum absolute atomic E-state index is 0. The number of anilines is 1. The van der Waals surface area contributed by atoms with E-state index in [2.05, 4.69) is 5.32 Å². The van der Waals surface area contributed by atoms with Crippen molar-refractivity contribution in [3.8, 4) is 0 Å². The topological polar surface area (TPSA) is 102 Å². The highest BCUT2D eigenvalue weighted by atomic mass is 35.5. The molecule has 1 amide bonds. The van der Waals surface area contributed by atoms with Gasteiger partial charge in [-0.25, -0.2) is 0 Å². The highest BCUT2D eigenvalue weighted by Crippen LogP contribution is 2.28. The molecule has 1 atom stereocenters. The van der Waals surface area contributed by atoms with Crippen LogP contribution in [0.15, 0.2) is 48.5 Å². The van der Waals surface area contributed by atoms with E-state index in [9.17, 15) is 14.9 Å². The van der Waals surface area contributed by atoms with Crippen molar-refractivity contribution in [2.75, 3.05) is 18.4 Å². The number of likely N-dealkylation sites (tertiary alicyclic amines) is 1. The van der Waals surface area contributed by atoms with Crippen LogP contribution in [-0.2, 0) is 6.54 Å². The molecule has 8 heteroatoms. The van der Waals surface area contributed by atoms with Crippen LogP contribution in [0.4, 0.5) is 11.4 Å². The summed E-state index contributed by atoms with van der Waals surface area (Å²) in [7, 11) is 0. The van der Waals surface area contributed by atoms with E-state index in [-0.39, 0.29) is 30.0 Å². The van der Waals surface area contributed by atoms with E-state index in [1.807, 2.05) is 30.3 Å². The number of carbonyl (C=O) groups is 1. The molecule has 1 fully saturated rings. The Labute approximate surface area is 170 Å². The summed E-state index contributed by atoms with van der Waals surface area (Å²) in [4.78, 5) is 25.7. The van der Waals surface area contributed by atoms with Gasteiger partial charge in [-0.05, 0) is 37.0 Å². The average molecular weight is 405 g/mol. The second-order valence-electron chi connectivity index (χ2n) is 6.71. The number of halogens is 1. The van der Waals surface area contributed by atoms with E-state index in [0.717, 1.165) is 24.8 Å². The lowest BCUT2D eigenvalue weighted by Crippen LogP contribution is -2.47. The zero-order chi connectivity index (χ0) is 19.2. The van der Waals surface area contributed by atoms with Crippen molar-refractivity contribution in [3.05, 3.63) is 69.8 Å². The van der Waals surface area contributed by atoms with Gasteiger partial charge in [0.15, 0.2) is 0 Å². The van der Waals surface area contributed by atoms with E-state index in [1.54, 1.807) is 17.0 Å². The Morgan fingerprint density at radius 3 is 2.64 bits per heavy atom. The van der Waals surface area contributed by atoms with Crippen LogP contribution < -0.4 is 11.1 Å². The maximum atomic E-state index is 12.9. The van der Waals surface area contributed by atoms with Crippen molar-refractivity contribution in [1.82, 2.24) is 4.90 Å². The van der Waals surface area contributed by atoms with Crippen LogP contribution in [0.25, 0.3) is 0 Å². The molecule has 0 spiro atoms. The van der Waals surface area contributed by atoms with E-state index < -0.39 is 4.92 Å². The first-order chi connectivity index (χ1) is 13.1. The number of nitro groups is 1. The molecule has 7 nitrogen and oxygen atoms in total. The summed E-state index contributed by atoms with van der Waals surface area (Å²) >= 11 is 0. The molecule has 1 saturated heterocycles. The number of nitrogens with one attached hydrogen (secondary N) is 1. The van der Waals surface area contributed by atoms with Gasteiger partial charge in [0.2, 0.25) is 0 Å². The molecular weight excluding hydrogens is 380 g/mol. The first-order valence-electron chi connectivity index (χ1n) is 9.17. The van der Waals surface area contributed by atoms with Gasteiger partial charge in [-0.1, -0.05) is 30.3 Å². The Balaban J connectivity index is 0.00000280. The fourth-order valence-electron chi connectivity index (χ4n) is 3.44. The van der Waals surface area contributed by atoms with Gasteiger partial charge < -0.3 is 16.0 Å². The van der Waals surface area contributed by atoms with Crippen LogP contribution in [0.3, 0.4) is 0 Å². The van der Waals surface area contributed by atoms with Gasteiger partial charge in [-0.3, -0.25) is 14.9 Å². The van der Waals surface area contributed by atoms with Crippen molar-refractivity contribution in [3.63, 3.8) is 0 Å². The van der Waals surface area contributed by atoms with Gasteiger partial charge in [0.05, 0.1) is 4.92 Å². The van der Waals surface area contributed by atoms with Gasteiger partial charge in [0.1, 0.15) is 5.69 Å². The van der Waals surface area contributed by atoms with E-state index in [1.165, 1.54) is 6.07 Å². The molecule has 1 aliphatic heterocycles. The molecule has 1 aliphatic rings. The van der Waals surface area contributed by atoms with Gasteiger partial charge in [0.25, 0.3) is 11.6 Å². The van der Waals surface area contributed by atoms with Crippen molar-refractivity contribution in [2.24, 2.45) is 5.73 Å². The second kappa shape index (κ2) is 10.1. The maximum Gasteiger partial charge on any atom is 0.293 e. The zero-order valence-electron chi connectivity index (χ0n) is 15.5. The Morgan fingerprint density at radius 2 is 1.96 bits per heavy atom. The third kappa shape index (κ3) is 4.99. The predicted molar refractivity (Wildman–Crippen MR) is 112 cm³/mol. The van der Waals surface area contributed by atoms with E-state index >= 15 is 0 Å². The highest BCUT2D eigenvalue weighted by Gasteiger charge is 2.28. The van der Waals surface area contributed by atoms with Gasteiger partial charge in [-0.15, -0.1) is 12.4 Å². The standard InChI is InChI=1S/C20H24N4O3.ClH/c21-13-17-8-4-5-11-23(17)20(25)16-9-10-18(19(12-16)24(26)27)22-14-15-6-2-1-3-7-15;/h1-3,6-7,9-10,12,17,22H,4-5,8,11,13-14,21H2;1H. The first kappa shape index (κ1) is 21.7. The smallest absolute Gasteiger partial charge is 0.293 e. The fourth-order valence-corrected chi connectivity index (χ4v) is 3.44. The van der Waals surface area contributed by atoms with Gasteiger partial charge in [0, 0.05) is 37.3 Å². The number of hydrogen-bond acceptors (Lipinski definition) is 5. The normalized spacial score (nSPS) is 16.2. The molecular formula is C20H25ClN4O3. The molecule has 2 aromatic carbocycles. The second-order valence-corrected chi connectivity index (χ2v) is 6.71. The number of carbonyl (C=O) groups excluding carboxylic acids is 1. The molecule has 1 heterocycles. The van der Waals surface area contributed by atoms with Gasteiger partial charge in [-0.2, -0.15) is 0 Å². The molecule has 28 heavy (non-hydrogen) atoms. The Morgan fingerprint density at radius 1 is 1.21 bits per heavy atom. The number of hydrogen-bond donors (Lipinski definition) is 2. The molecule has 0 radical (unpaired) electrons. The lowest BCUT2D eigenvalue weighted by Gasteiger charge is -2.35. The van der Waals surface area contributed by atoms with Crippen molar-refractivity contribution in [2.45, 2.75) is 31.8 Å². The third-order valence-corrected chi connectivity index (χ3v) is 4.93. The quantitative estimate of drug-likeness (QED) is 0.566. The van der Waals surface area contributed by atoms with E-state index in [0.29, 0.717) is 30.9 Å². The minimum atomic E-state index is -0.458. The maximum absolute atomic E-state index is 12.9. The number of nitrogens with zero attached hydrogens (tertiary/aromatic N) is 2. The minimum Gasteiger partial charge on any atom is -0.375 e. The molecule has 3 rings (SSSR count). The van der Waals surface area contributed by atoms with Gasteiger partial charge >= 0.3 is 0 Å². The largest absolute Gasteiger partial charge is 0.375 e. The monoisotopic (exact) mass is 404 g/mol. The summed E-state index contributed by atoms with van der Waals surface area (Å²) in [6, 6.07) is 14.3. The summed E-state index contributed by atoms with van der Waals surface area (Å²) in [5.74, 6) is -0.192. The molecule has 0 aromatic heterocycles. The Kier molecular flexibility index (Phi) is 7.78. The summed E-state index contributed by atoms with van der Waals surface area (Å²) < 4.78 is 0. The molecule has 3 N–H and O–H groups in total.